The SMILES string of the molecule is CCCCCCN(C)c1ccc(C=C2SC(=S)N(CCS(=O)(=O)NC(=O)C(F)(F)F)C2=O)cc1. The molecule has 0 saturated carbocycles. The number of carbonyl (C=O) groups excluding carboxylic acids is 2. The van der Waals surface area contributed by atoms with Gasteiger partial charge in [0.1, 0.15) is 4.32 Å². The summed E-state index contributed by atoms with van der Waals surface area (Å²) in [5, 5.41) is 0. The summed E-state index contributed by atoms with van der Waals surface area (Å²) >= 11 is 6.09. The molecule has 1 aromatic carbocycles. The highest BCUT2D eigenvalue weighted by Gasteiger charge is 2.41. The number of thiocarbonyl (C=S) groups is 1. The molecule has 1 heterocycles. The molecule has 0 radical (unpaired) electrons. The summed E-state index contributed by atoms with van der Waals surface area (Å²) in [6.07, 6.45) is 0.941. The number of hydrogen-bond acceptors (Lipinski definition) is 7. The monoisotopic (exact) mass is 537 g/mol. The Morgan fingerprint density at radius 3 is 2.44 bits per heavy atom. The number of nitrogens with one attached hydrogen (secondary N) is 1. The Hall–Kier alpha value is -2.12. The highest BCUT2D eigenvalue weighted by Crippen LogP contribution is 2.32. The molecule has 1 N–H and O–H groups in total. The fourth-order valence-corrected chi connectivity index (χ4v) is 5.27. The molecule has 2 amide bonds. The molecule has 0 atom stereocenters. The summed E-state index contributed by atoms with van der Waals surface area (Å²) in [5.74, 6) is -4.05. The van der Waals surface area contributed by atoms with Crippen LogP contribution in [0.3, 0.4) is 0 Å². The van der Waals surface area contributed by atoms with Gasteiger partial charge in [-0.3, -0.25) is 14.5 Å². The molecular formula is C21H26F3N3O4S3. The molecule has 1 fully saturated rings. The molecule has 7 nitrogen and oxygen atoms in total. The van der Waals surface area contributed by atoms with Crippen LogP contribution in [0.4, 0.5) is 18.9 Å². The highest BCUT2D eigenvalue weighted by molar-refractivity contribution is 8.26. The number of sulfonamides is 1. The van der Waals surface area contributed by atoms with Crippen LogP contribution in [0, 0.1) is 0 Å². The molecule has 13 heteroatoms. The lowest BCUT2D eigenvalue weighted by atomic mass is 10.1. The molecule has 34 heavy (non-hydrogen) atoms. The first kappa shape index (κ1) is 28.1. The molecule has 0 spiro atoms. The maximum atomic E-state index is 12.6. The van der Waals surface area contributed by atoms with Crippen molar-refractivity contribution in [2.45, 2.75) is 38.8 Å². The Kier molecular flexibility index (Phi) is 9.95. The van der Waals surface area contributed by atoms with Crippen LogP contribution in [-0.4, -0.2) is 61.5 Å². The third-order valence-electron chi connectivity index (χ3n) is 4.94. The second-order valence-electron chi connectivity index (χ2n) is 7.65. The van der Waals surface area contributed by atoms with Gasteiger partial charge in [-0.2, -0.15) is 13.2 Å². The van der Waals surface area contributed by atoms with Crippen molar-refractivity contribution in [2.75, 3.05) is 30.8 Å². The van der Waals surface area contributed by atoms with E-state index < -0.39 is 40.3 Å². The minimum Gasteiger partial charge on any atom is -0.375 e. The topological polar surface area (TPSA) is 86.8 Å². The molecule has 188 valence electrons. The van der Waals surface area contributed by atoms with Gasteiger partial charge in [0.15, 0.2) is 0 Å². The number of thioether (sulfide) groups is 1. The van der Waals surface area contributed by atoms with Crippen LogP contribution in [-0.2, 0) is 19.6 Å². The van der Waals surface area contributed by atoms with E-state index in [2.05, 4.69) is 11.8 Å². The molecule has 1 aromatic rings. The van der Waals surface area contributed by atoms with Crippen molar-refractivity contribution in [2.24, 2.45) is 0 Å². The van der Waals surface area contributed by atoms with E-state index in [0.29, 0.717) is 0 Å². The van der Waals surface area contributed by atoms with Gasteiger partial charge in [-0.15, -0.1) is 0 Å². The smallest absolute Gasteiger partial charge is 0.375 e. The van der Waals surface area contributed by atoms with Crippen LogP contribution in [0.25, 0.3) is 6.08 Å². The van der Waals surface area contributed by atoms with E-state index >= 15 is 0 Å². The Labute approximate surface area is 206 Å². The van der Waals surface area contributed by atoms with Crippen molar-refractivity contribution in [1.82, 2.24) is 9.62 Å². The minimum atomic E-state index is -5.34. The molecule has 0 bridgehead atoms. The molecule has 0 aromatic heterocycles. The summed E-state index contributed by atoms with van der Waals surface area (Å²) in [6.45, 7) is 2.62. The van der Waals surface area contributed by atoms with Crippen LogP contribution >= 0.6 is 24.0 Å². The second kappa shape index (κ2) is 12.0. The zero-order valence-corrected chi connectivity index (χ0v) is 21.2. The third-order valence-corrected chi connectivity index (χ3v) is 7.54. The summed E-state index contributed by atoms with van der Waals surface area (Å²) in [5.41, 5.74) is 1.78. The predicted octanol–water partition coefficient (Wildman–Crippen LogP) is 3.91. The lowest BCUT2D eigenvalue weighted by molar-refractivity contribution is -0.171. The molecule has 0 aliphatic carbocycles. The van der Waals surface area contributed by atoms with Gasteiger partial charge < -0.3 is 4.90 Å². The molecule has 0 unspecified atom stereocenters. The van der Waals surface area contributed by atoms with Crippen molar-refractivity contribution in [3.63, 3.8) is 0 Å². The number of anilines is 1. The van der Waals surface area contributed by atoms with E-state index in [0.717, 1.165) is 45.6 Å². The molecule has 1 aliphatic heterocycles. The van der Waals surface area contributed by atoms with E-state index in [9.17, 15) is 31.2 Å². The zero-order chi connectivity index (χ0) is 25.5. The lowest BCUT2D eigenvalue weighted by Gasteiger charge is -2.19. The van der Waals surface area contributed by atoms with Crippen molar-refractivity contribution in [3.05, 3.63) is 34.7 Å². The summed E-state index contributed by atoms with van der Waals surface area (Å²) < 4.78 is 61.4. The van der Waals surface area contributed by atoms with Gasteiger partial charge in [-0.25, -0.2) is 13.1 Å². The number of hydrogen-bond donors (Lipinski definition) is 1. The van der Waals surface area contributed by atoms with Crippen molar-refractivity contribution in [1.29, 1.82) is 0 Å². The molecule has 1 aliphatic rings. The average molecular weight is 538 g/mol. The van der Waals surface area contributed by atoms with Gasteiger partial charge in [-0.1, -0.05) is 62.3 Å². The average Bonchev–Trinajstić information content (AvgIpc) is 3.01. The van der Waals surface area contributed by atoms with Crippen LogP contribution < -0.4 is 9.62 Å². The van der Waals surface area contributed by atoms with Crippen molar-refractivity contribution >= 4 is 61.9 Å². The Morgan fingerprint density at radius 1 is 1.21 bits per heavy atom. The van der Waals surface area contributed by atoms with E-state index in [1.54, 1.807) is 6.08 Å². The van der Waals surface area contributed by atoms with Gasteiger partial charge in [-0.05, 0) is 30.2 Å². The number of rotatable bonds is 11. The fraction of sp³-hybridized carbons (Fsp3) is 0.476. The van der Waals surface area contributed by atoms with Crippen LogP contribution in [0.2, 0.25) is 0 Å². The third kappa shape index (κ3) is 8.27. The molecule has 2 rings (SSSR count). The van der Waals surface area contributed by atoms with Crippen molar-refractivity contribution in [3.8, 4) is 0 Å². The van der Waals surface area contributed by atoms with Gasteiger partial charge >= 0.3 is 12.1 Å². The number of nitrogens with zero attached hydrogens (tertiary/aromatic N) is 2. The minimum absolute atomic E-state index is 0.0806. The lowest BCUT2D eigenvalue weighted by Crippen LogP contribution is -2.44. The summed E-state index contributed by atoms with van der Waals surface area (Å²) in [6, 6.07) is 7.56. The summed E-state index contributed by atoms with van der Waals surface area (Å²) in [7, 11) is -2.59. The maximum Gasteiger partial charge on any atom is 0.472 e. The Balaban J connectivity index is 1.98. The first-order valence-corrected chi connectivity index (χ1v) is 13.4. The Bertz CT molecular complexity index is 1040. The highest BCUT2D eigenvalue weighted by atomic mass is 32.2. The van der Waals surface area contributed by atoms with Crippen LogP contribution in [0.15, 0.2) is 29.2 Å². The van der Waals surface area contributed by atoms with Crippen molar-refractivity contribution < 1.29 is 31.2 Å². The van der Waals surface area contributed by atoms with Crippen LogP contribution in [0.5, 0.6) is 0 Å². The Morgan fingerprint density at radius 2 is 1.85 bits per heavy atom. The van der Waals surface area contributed by atoms with E-state index in [-0.39, 0.29) is 9.23 Å². The van der Waals surface area contributed by atoms with Crippen LogP contribution in [0.1, 0.15) is 38.2 Å². The van der Waals surface area contributed by atoms with E-state index in [4.69, 9.17) is 12.2 Å². The molecule has 1 saturated heterocycles. The molecular weight excluding hydrogens is 511 g/mol. The number of amides is 2. The summed E-state index contributed by atoms with van der Waals surface area (Å²) in [4.78, 5) is 26.9. The first-order valence-electron chi connectivity index (χ1n) is 10.5. The fourth-order valence-electron chi connectivity index (χ4n) is 3.04. The van der Waals surface area contributed by atoms with Gasteiger partial charge in [0.2, 0.25) is 10.0 Å². The van der Waals surface area contributed by atoms with E-state index in [1.807, 2.05) is 31.3 Å². The number of unbranched alkanes of at least 4 members (excludes halogenated alkanes) is 3. The van der Waals surface area contributed by atoms with Gasteiger partial charge in [0, 0.05) is 25.8 Å². The number of halogens is 3. The maximum absolute atomic E-state index is 12.6. The van der Waals surface area contributed by atoms with E-state index in [1.165, 1.54) is 19.3 Å². The quantitative estimate of drug-likeness (QED) is 0.260. The number of carbonyl (C=O) groups is 2. The first-order chi connectivity index (χ1) is 15.8. The number of alkyl halides is 3. The normalized spacial score (nSPS) is 15.8. The van der Waals surface area contributed by atoms with Gasteiger partial charge in [0.05, 0.1) is 10.7 Å². The largest absolute Gasteiger partial charge is 0.472 e. The van der Waals surface area contributed by atoms with Gasteiger partial charge in [0.25, 0.3) is 5.91 Å². The predicted molar refractivity (Wildman–Crippen MR) is 132 cm³/mol. The standard InChI is InChI=1S/C21H26F3N3O4S3/c1-3-4-5-6-11-26(2)16-9-7-15(8-10-16)14-17-18(28)27(20(32)33-17)12-13-34(30,31)25-19(29)21(22,23)24/h7-10,14H,3-6,11-13H2,1-2H3,(H,25,29). The zero-order valence-electron chi connectivity index (χ0n) is 18.7. The number of benzene rings is 1. The second-order valence-corrected chi connectivity index (χ2v) is 11.2.